The summed E-state index contributed by atoms with van der Waals surface area (Å²) in [5.74, 6) is -1.14. The van der Waals surface area contributed by atoms with Gasteiger partial charge in [-0.3, -0.25) is 23.4 Å². The molecule has 10 nitrogen and oxygen atoms in total. The monoisotopic (exact) mass is 564 g/mol. The maximum Gasteiger partial charge on any atom is 0.242 e. The minimum absolute atomic E-state index is 0.0102. The van der Waals surface area contributed by atoms with E-state index in [2.05, 4.69) is 14.8 Å². The topological polar surface area (TPSA) is 171 Å². The number of hydrogen-bond donors (Lipinski definition) is 6. The molecule has 1 aliphatic rings. The number of rotatable bonds is 8. The van der Waals surface area contributed by atoms with Crippen LogP contribution in [-0.2, 0) is 26.0 Å². The van der Waals surface area contributed by atoms with Crippen molar-refractivity contribution in [1.82, 2.24) is 9.44 Å². The summed E-state index contributed by atoms with van der Waals surface area (Å²) < 4.78 is 51.0. The van der Waals surface area contributed by atoms with E-state index >= 15 is 0 Å². The Morgan fingerprint density at radius 2 is 1.78 bits per heavy atom. The first kappa shape index (κ1) is 26.9. The first-order chi connectivity index (χ1) is 17.5. The van der Waals surface area contributed by atoms with Gasteiger partial charge in [-0.25, -0.2) is 8.42 Å². The van der Waals surface area contributed by atoms with Gasteiger partial charge in [0.15, 0.2) is 0 Å². The van der Waals surface area contributed by atoms with E-state index in [1.165, 1.54) is 24.3 Å². The Kier molecular flexibility index (Phi) is 7.78. The molecule has 13 heteroatoms. The molecule has 1 aliphatic heterocycles. The molecule has 3 aromatic carbocycles. The first-order valence-electron chi connectivity index (χ1n) is 11.0. The van der Waals surface area contributed by atoms with E-state index in [9.17, 15) is 27.1 Å². The molecule has 0 saturated carbocycles. The smallest absolute Gasteiger partial charge is 0.242 e. The van der Waals surface area contributed by atoms with Crippen LogP contribution in [0.5, 0.6) is 0 Å². The number of carbonyl (C=O) groups is 2. The fourth-order valence-electron chi connectivity index (χ4n) is 3.92. The van der Waals surface area contributed by atoms with Crippen LogP contribution in [0.2, 0.25) is 5.02 Å². The summed E-state index contributed by atoms with van der Waals surface area (Å²) in [6, 6.07) is 17.6. The molecule has 2 amide bonds. The number of amides is 2. The highest BCUT2D eigenvalue weighted by molar-refractivity contribution is 8.23. The summed E-state index contributed by atoms with van der Waals surface area (Å²) in [6.07, 6.45) is -0.218. The van der Waals surface area contributed by atoms with Crippen LogP contribution in [0.4, 0.5) is 11.4 Å². The first-order valence-corrected chi connectivity index (χ1v) is 14.5. The van der Waals surface area contributed by atoms with Crippen molar-refractivity contribution in [2.45, 2.75) is 29.0 Å². The van der Waals surface area contributed by atoms with Crippen LogP contribution in [0.3, 0.4) is 0 Å². The lowest BCUT2D eigenvalue weighted by atomic mass is 10.0. The molecule has 0 radical (unpaired) electrons. The maximum atomic E-state index is 13.2. The average molecular weight is 565 g/mol. The molecule has 1 heterocycles. The zero-order valence-corrected chi connectivity index (χ0v) is 21.7. The number of hydrogen-bond acceptors (Lipinski definition) is 7. The molecular formula is C24H25ClN4O6S2. The second-order valence-corrected chi connectivity index (χ2v) is 12.5. The highest BCUT2D eigenvalue weighted by Crippen LogP contribution is 2.57. The Morgan fingerprint density at radius 1 is 1.11 bits per heavy atom. The number of nitrogens with two attached hydrogens (primary N) is 1. The standard InChI is InChI=1S/C24H25ClN4O6S2/c25-18-12-15(10-11-17(18)22-14-23(30)29-37(22,34)35)13-21(24(31)27-20-9-5-4-8-19(20)26)28-36(32,33)16-6-2-1-3-7-16/h1-12,21-22,28,34-35H,13-14,26H2,(H,27,31)(H,29,30)/t21-,22?/m0/s1. The van der Waals surface area contributed by atoms with Crippen molar-refractivity contribution in [1.29, 1.82) is 0 Å². The van der Waals surface area contributed by atoms with Gasteiger partial charge >= 0.3 is 0 Å². The Bertz CT molecular complexity index is 1440. The number of para-hydroxylation sites is 2. The van der Waals surface area contributed by atoms with Crippen molar-refractivity contribution in [2.24, 2.45) is 0 Å². The minimum atomic E-state index is -4.06. The molecule has 1 unspecified atom stereocenters. The maximum absolute atomic E-state index is 13.2. The molecule has 196 valence electrons. The molecule has 4 rings (SSSR count). The van der Waals surface area contributed by atoms with E-state index < -0.39 is 43.9 Å². The molecule has 7 N–H and O–H groups in total. The Morgan fingerprint density at radius 3 is 2.41 bits per heavy atom. The number of nitrogens with one attached hydrogen (secondary N) is 3. The van der Waals surface area contributed by atoms with Gasteiger partial charge in [-0.1, -0.05) is 54.1 Å². The quantitative estimate of drug-likeness (QED) is 0.226. The van der Waals surface area contributed by atoms with Crippen molar-refractivity contribution in [3.05, 3.63) is 88.9 Å². The van der Waals surface area contributed by atoms with E-state index in [0.29, 0.717) is 22.5 Å². The second kappa shape index (κ2) is 10.7. The SMILES string of the molecule is Nc1ccccc1NC(=O)[C@H](Cc1ccc(C2CC(=O)NS2(O)O)c(Cl)c1)NS(=O)(=O)c1ccccc1. The summed E-state index contributed by atoms with van der Waals surface area (Å²) in [5, 5.41) is 1.89. The molecule has 37 heavy (non-hydrogen) atoms. The third-order valence-corrected chi connectivity index (χ3v) is 9.33. The van der Waals surface area contributed by atoms with Crippen LogP contribution in [0, 0.1) is 0 Å². The predicted octanol–water partition coefficient (Wildman–Crippen LogP) is 3.68. The van der Waals surface area contributed by atoms with E-state index in [4.69, 9.17) is 17.3 Å². The van der Waals surface area contributed by atoms with Crippen molar-refractivity contribution >= 4 is 55.6 Å². The van der Waals surface area contributed by atoms with Crippen molar-refractivity contribution < 1.29 is 27.1 Å². The number of halogens is 1. The molecule has 0 aromatic heterocycles. The molecule has 0 bridgehead atoms. The van der Waals surface area contributed by atoms with Crippen LogP contribution in [0.1, 0.15) is 22.8 Å². The zero-order valence-electron chi connectivity index (χ0n) is 19.3. The molecule has 0 aliphatic carbocycles. The molecule has 2 atom stereocenters. The molecule has 0 spiro atoms. The number of sulfonamides is 1. The Labute approximate surface area is 220 Å². The number of anilines is 2. The van der Waals surface area contributed by atoms with Crippen molar-refractivity contribution in [3.8, 4) is 0 Å². The lowest BCUT2D eigenvalue weighted by Crippen LogP contribution is -2.45. The van der Waals surface area contributed by atoms with Gasteiger partial charge in [0, 0.05) is 5.02 Å². The fourth-order valence-corrected chi connectivity index (χ4v) is 7.04. The van der Waals surface area contributed by atoms with Crippen molar-refractivity contribution in [3.63, 3.8) is 0 Å². The van der Waals surface area contributed by atoms with Gasteiger partial charge in [-0.2, -0.15) is 4.72 Å². The Hall–Kier alpha value is -3.13. The van der Waals surface area contributed by atoms with Gasteiger partial charge < -0.3 is 11.1 Å². The van der Waals surface area contributed by atoms with Crippen LogP contribution in [-0.4, -0.2) is 35.4 Å². The summed E-state index contributed by atoms with van der Waals surface area (Å²) in [7, 11) is -7.47. The van der Waals surface area contributed by atoms with Gasteiger partial charge in [-0.05, 0) is 47.9 Å². The van der Waals surface area contributed by atoms with Crippen molar-refractivity contribution in [2.75, 3.05) is 11.1 Å². The number of nitrogen functional groups attached to an aromatic ring is 1. The highest BCUT2D eigenvalue weighted by atomic mass is 35.5. The number of carbonyl (C=O) groups excluding carboxylic acids is 2. The van der Waals surface area contributed by atoms with Gasteiger partial charge in [0.05, 0.1) is 22.7 Å². The van der Waals surface area contributed by atoms with Crippen LogP contribution >= 0.6 is 22.4 Å². The summed E-state index contributed by atoms with van der Waals surface area (Å²) in [5.41, 5.74) is 7.42. The fraction of sp³-hybridized carbons (Fsp3) is 0.167. The number of benzene rings is 3. The average Bonchev–Trinajstić information content (AvgIpc) is 3.12. The third-order valence-electron chi connectivity index (χ3n) is 5.77. The van der Waals surface area contributed by atoms with Gasteiger partial charge in [0.1, 0.15) is 11.3 Å². The third kappa shape index (κ3) is 6.24. The summed E-state index contributed by atoms with van der Waals surface area (Å²) in [6.45, 7) is 0. The van der Waals surface area contributed by atoms with Gasteiger partial charge in [0.2, 0.25) is 21.8 Å². The molecule has 3 aromatic rings. The molecule has 1 saturated heterocycles. The summed E-state index contributed by atoms with van der Waals surface area (Å²) >= 11 is 6.42. The normalized spacial score (nSPS) is 18.6. The van der Waals surface area contributed by atoms with E-state index in [1.54, 1.807) is 48.5 Å². The second-order valence-electron chi connectivity index (χ2n) is 8.43. The van der Waals surface area contributed by atoms with Crippen LogP contribution in [0.15, 0.2) is 77.7 Å². The van der Waals surface area contributed by atoms with E-state index in [1.807, 2.05) is 0 Å². The van der Waals surface area contributed by atoms with Crippen LogP contribution < -0.4 is 20.5 Å². The van der Waals surface area contributed by atoms with Gasteiger partial charge in [0.25, 0.3) is 0 Å². The largest absolute Gasteiger partial charge is 0.397 e. The lowest BCUT2D eigenvalue weighted by molar-refractivity contribution is -0.119. The highest BCUT2D eigenvalue weighted by Gasteiger charge is 2.39. The summed E-state index contributed by atoms with van der Waals surface area (Å²) in [4.78, 5) is 24.9. The zero-order chi connectivity index (χ0) is 26.8. The Balaban J connectivity index is 1.62. The van der Waals surface area contributed by atoms with Crippen LogP contribution in [0.25, 0.3) is 0 Å². The minimum Gasteiger partial charge on any atom is -0.397 e. The predicted molar refractivity (Wildman–Crippen MR) is 144 cm³/mol. The molecule has 1 fully saturated rings. The molecular weight excluding hydrogens is 540 g/mol. The van der Waals surface area contributed by atoms with Gasteiger partial charge in [-0.15, -0.1) is 10.8 Å². The lowest BCUT2D eigenvalue weighted by Gasteiger charge is -2.33. The van der Waals surface area contributed by atoms with E-state index in [0.717, 1.165) is 0 Å². The van der Waals surface area contributed by atoms with E-state index in [-0.39, 0.29) is 22.8 Å².